The smallest absolute Gasteiger partial charge is 0.169 e. The maximum atomic E-state index is 14.3. The average molecular weight is 443 g/mol. The molecule has 3 aliphatic carbocycles. The van der Waals surface area contributed by atoms with Crippen LogP contribution in [0.5, 0.6) is 0 Å². The number of aromatic nitrogens is 2. The number of para-hydroxylation sites is 2. The van der Waals surface area contributed by atoms with E-state index in [1.807, 2.05) is 24.3 Å². The lowest BCUT2D eigenvalue weighted by atomic mass is 9.54. The van der Waals surface area contributed by atoms with Gasteiger partial charge in [-0.2, -0.15) is 0 Å². The van der Waals surface area contributed by atoms with E-state index in [1.54, 1.807) is 0 Å². The van der Waals surface area contributed by atoms with Crippen molar-refractivity contribution in [3.8, 4) is 0 Å². The van der Waals surface area contributed by atoms with Crippen LogP contribution in [0.15, 0.2) is 97.1 Å². The highest BCUT2D eigenvalue weighted by molar-refractivity contribution is 6.05. The summed E-state index contributed by atoms with van der Waals surface area (Å²) >= 11 is 0. The molecule has 3 fully saturated rings. The summed E-state index contributed by atoms with van der Waals surface area (Å²) in [5.41, 5.74) is 3.96. The van der Waals surface area contributed by atoms with Gasteiger partial charge in [0.25, 0.3) is 0 Å². The van der Waals surface area contributed by atoms with Crippen LogP contribution in [0, 0.1) is 5.41 Å². The Morgan fingerprint density at radius 2 is 1.56 bits per heavy atom. The summed E-state index contributed by atoms with van der Waals surface area (Å²) in [6.45, 7) is 0. The first-order valence-electron chi connectivity index (χ1n) is 12.1. The van der Waals surface area contributed by atoms with E-state index in [9.17, 15) is 4.79 Å². The zero-order valence-corrected chi connectivity index (χ0v) is 19.2. The molecule has 1 heterocycles. The third-order valence-electron chi connectivity index (χ3n) is 8.55. The molecule has 166 valence electrons. The van der Waals surface area contributed by atoms with Gasteiger partial charge in [0.2, 0.25) is 0 Å². The van der Waals surface area contributed by atoms with E-state index >= 15 is 0 Å². The number of aryl methyl sites for hydroxylation is 1. The molecule has 5 aromatic rings. The molecule has 0 N–H and O–H groups in total. The van der Waals surface area contributed by atoms with E-state index in [4.69, 9.17) is 4.98 Å². The fraction of sp³-hybridized carbons (Fsp3) is 0.226. The molecule has 0 aliphatic heterocycles. The Morgan fingerprint density at radius 3 is 2.35 bits per heavy atom. The highest BCUT2D eigenvalue weighted by Crippen LogP contribution is 2.73. The largest absolute Gasteiger partial charge is 0.331 e. The Hall–Kier alpha value is -3.72. The fourth-order valence-corrected chi connectivity index (χ4v) is 7.00. The molecule has 3 heteroatoms. The van der Waals surface area contributed by atoms with Gasteiger partial charge in [0.15, 0.2) is 5.78 Å². The van der Waals surface area contributed by atoms with Gasteiger partial charge in [-0.3, -0.25) is 4.79 Å². The SMILES string of the molecule is Cn1c([C@@H]2CC3(c4ccccc4)CC2(C(=O)c2ccc4ccccc4c2)C3)nc2ccccc21. The van der Waals surface area contributed by atoms with E-state index in [-0.39, 0.29) is 17.1 Å². The number of imidazole rings is 1. The van der Waals surface area contributed by atoms with Crippen molar-refractivity contribution >= 4 is 27.6 Å². The maximum absolute atomic E-state index is 14.3. The molecule has 3 nitrogen and oxygen atoms in total. The first-order valence-corrected chi connectivity index (χ1v) is 12.1. The number of benzene rings is 4. The van der Waals surface area contributed by atoms with Gasteiger partial charge in [0.1, 0.15) is 5.82 Å². The fourth-order valence-electron chi connectivity index (χ4n) is 7.00. The molecule has 1 aromatic heterocycles. The molecule has 0 saturated heterocycles. The second-order valence-corrected chi connectivity index (χ2v) is 10.3. The standard InChI is InChI=1S/C31H26N2O/c1-33-27-14-8-7-13-26(27)32-29(33)25-18-30(24-11-3-2-4-12-24)19-31(25,20-30)28(34)23-16-15-21-9-5-6-10-22(21)17-23/h2-17,25H,18-20H2,1H3/t25-,30?,31?/m0/s1. The molecule has 3 saturated carbocycles. The minimum absolute atomic E-state index is 0.0522. The van der Waals surface area contributed by atoms with E-state index in [0.29, 0.717) is 0 Å². The molecule has 0 spiro atoms. The molecule has 2 bridgehead atoms. The van der Waals surface area contributed by atoms with Crippen molar-refractivity contribution in [2.24, 2.45) is 12.5 Å². The maximum Gasteiger partial charge on any atom is 0.169 e. The van der Waals surface area contributed by atoms with Gasteiger partial charge < -0.3 is 4.57 Å². The van der Waals surface area contributed by atoms with Crippen molar-refractivity contribution in [2.45, 2.75) is 30.6 Å². The summed E-state index contributed by atoms with van der Waals surface area (Å²) in [4.78, 5) is 19.4. The average Bonchev–Trinajstić information content (AvgIpc) is 3.51. The number of ketones is 1. The molecule has 8 rings (SSSR count). The van der Waals surface area contributed by atoms with Crippen LogP contribution in [0.1, 0.15) is 46.9 Å². The number of hydrogen-bond acceptors (Lipinski definition) is 2. The van der Waals surface area contributed by atoms with Crippen LogP contribution in [0.25, 0.3) is 21.8 Å². The second kappa shape index (κ2) is 6.89. The number of Topliss-reactive ketones (excluding diaryl/α,β-unsaturated/α-hetero) is 1. The second-order valence-electron chi connectivity index (χ2n) is 10.3. The number of carbonyl (C=O) groups is 1. The number of hydrogen-bond donors (Lipinski definition) is 0. The summed E-state index contributed by atoms with van der Waals surface area (Å²) in [5.74, 6) is 1.43. The Balaban J connectivity index is 1.37. The van der Waals surface area contributed by atoms with Crippen molar-refractivity contribution in [1.82, 2.24) is 9.55 Å². The molecule has 0 radical (unpaired) electrons. The quantitative estimate of drug-likeness (QED) is 0.286. The lowest BCUT2D eigenvalue weighted by Crippen LogP contribution is -2.47. The van der Waals surface area contributed by atoms with Crippen LogP contribution in [-0.2, 0) is 12.5 Å². The molecule has 0 unspecified atom stereocenters. The third kappa shape index (κ3) is 2.58. The lowest BCUT2D eigenvalue weighted by Gasteiger charge is -2.48. The van der Waals surface area contributed by atoms with Gasteiger partial charge in [0, 0.05) is 23.9 Å². The van der Waals surface area contributed by atoms with E-state index < -0.39 is 5.41 Å². The zero-order chi connectivity index (χ0) is 22.9. The van der Waals surface area contributed by atoms with Crippen LogP contribution >= 0.6 is 0 Å². The highest BCUT2D eigenvalue weighted by Gasteiger charge is 2.70. The monoisotopic (exact) mass is 442 g/mol. The summed E-state index contributed by atoms with van der Waals surface area (Å²) in [6.07, 6.45) is 2.75. The van der Waals surface area contributed by atoms with Gasteiger partial charge in [-0.15, -0.1) is 0 Å². The van der Waals surface area contributed by atoms with Crippen molar-refractivity contribution in [3.05, 3.63) is 114 Å². The van der Waals surface area contributed by atoms with Crippen molar-refractivity contribution in [3.63, 3.8) is 0 Å². The predicted octanol–water partition coefficient (Wildman–Crippen LogP) is 6.81. The first-order chi connectivity index (χ1) is 16.6. The number of carbonyl (C=O) groups excluding carboxylic acids is 1. The molecule has 1 atom stereocenters. The van der Waals surface area contributed by atoms with Crippen molar-refractivity contribution in [1.29, 1.82) is 0 Å². The Bertz CT molecular complexity index is 1570. The van der Waals surface area contributed by atoms with Crippen LogP contribution in [-0.4, -0.2) is 15.3 Å². The summed E-state index contributed by atoms with van der Waals surface area (Å²) in [6, 6.07) is 33.5. The van der Waals surface area contributed by atoms with E-state index in [0.717, 1.165) is 47.1 Å². The Labute approximate surface area is 199 Å². The van der Waals surface area contributed by atoms with Gasteiger partial charge in [-0.1, -0.05) is 78.9 Å². The van der Waals surface area contributed by atoms with Crippen LogP contribution in [0.3, 0.4) is 0 Å². The van der Waals surface area contributed by atoms with E-state index in [1.165, 1.54) is 10.9 Å². The van der Waals surface area contributed by atoms with Gasteiger partial charge in [0.05, 0.1) is 11.0 Å². The highest BCUT2D eigenvalue weighted by atomic mass is 16.1. The minimum atomic E-state index is -0.409. The predicted molar refractivity (Wildman–Crippen MR) is 136 cm³/mol. The molecule has 0 amide bonds. The van der Waals surface area contributed by atoms with E-state index in [2.05, 4.69) is 84.4 Å². The molecule has 34 heavy (non-hydrogen) atoms. The number of rotatable bonds is 4. The number of fused-ring (bicyclic) bond motifs is 3. The lowest BCUT2D eigenvalue weighted by molar-refractivity contribution is 0.0533. The normalized spacial score (nSPS) is 25.5. The van der Waals surface area contributed by atoms with Crippen LogP contribution < -0.4 is 0 Å². The van der Waals surface area contributed by atoms with Gasteiger partial charge in [-0.05, 0) is 59.2 Å². The Morgan fingerprint density at radius 1 is 0.853 bits per heavy atom. The zero-order valence-electron chi connectivity index (χ0n) is 19.2. The molecule has 3 aliphatic rings. The molecular formula is C31H26N2O. The van der Waals surface area contributed by atoms with Crippen LogP contribution in [0.4, 0.5) is 0 Å². The van der Waals surface area contributed by atoms with Gasteiger partial charge >= 0.3 is 0 Å². The minimum Gasteiger partial charge on any atom is -0.331 e. The summed E-state index contributed by atoms with van der Waals surface area (Å²) < 4.78 is 2.22. The number of nitrogens with zero attached hydrogens (tertiary/aromatic N) is 2. The molecule has 4 aromatic carbocycles. The summed E-state index contributed by atoms with van der Waals surface area (Å²) in [5, 5.41) is 2.29. The van der Waals surface area contributed by atoms with Crippen LogP contribution in [0.2, 0.25) is 0 Å². The Kier molecular flexibility index (Phi) is 4.00. The molecular weight excluding hydrogens is 416 g/mol. The third-order valence-corrected chi connectivity index (χ3v) is 8.55. The van der Waals surface area contributed by atoms with Crippen molar-refractivity contribution < 1.29 is 4.79 Å². The van der Waals surface area contributed by atoms with Gasteiger partial charge in [-0.25, -0.2) is 4.98 Å². The summed E-state index contributed by atoms with van der Waals surface area (Å²) in [7, 11) is 2.10. The van der Waals surface area contributed by atoms with Crippen molar-refractivity contribution in [2.75, 3.05) is 0 Å². The topological polar surface area (TPSA) is 34.9 Å². The first kappa shape index (κ1) is 19.7.